The van der Waals surface area contributed by atoms with Crippen molar-refractivity contribution in [3.05, 3.63) is 41.9 Å². The summed E-state index contributed by atoms with van der Waals surface area (Å²) < 4.78 is 0. The molecule has 2 heterocycles. The molecule has 1 N–H and O–H groups in total. The second-order valence-corrected chi connectivity index (χ2v) is 5.89. The molecule has 0 aliphatic carbocycles. The zero-order chi connectivity index (χ0) is 13.6. The Balaban J connectivity index is 2.28. The lowest BCUT2D eigenvalue weighted by Gasteiger charge is -2.06. The van der Waals surface area contributed by atoms with Crippen LogP contribution < -0.4 is 0 Å². The fourth-order valence-corrected chi connectivity index (χ4v) is 2.50. The third kappa shape index (κ3) is 2.01. The van der Waals surface area contributed by atoms with Crippen molar-refractivity contribution in [3.63, 3.8) is 0 Å². The van der Waals surface area contributed by atoms with Crippen molar-refractivity contribution in [1.82, 2.24) is 9.97 Å². The highest BCUT2D eigenvalue weighted by atomic mass is 14.7. The van der Waals surface area contributed by atoms with E-state index in [2.05, 4.69) is 61.9 Å². The van der Waals surface area contributed by atoms with E-state index >= 15 is 0 Å². The first-order chi connectivity index (χ1) is 9.06. The fourth-order valence-electron chi connectivity index (χ4n) is 2.50. The number of hydrogen-bond acceptors (Lipinski definition) is 1. The molecule has 0 atom stereocenters. The van der Waals surface area contributed by atoms with Crippen molar-refractivity contribution in [1.29, 1.82) is 0 Å². The van der Waals surface area contributed by atoms with Crippen molar-refractivity contribution in [3.8, 4) is 0 Å². The minimum atomic E-state index is 0.470. The van der Waals surface area contributed by atoms with Crippen LogP contribution in [0.15, 0.2) is 30.5 Å². The first-order valence-corrected chi connectivity index (χ1v) is 6.97. The van der Waals surface area contributed by atoms with E-state index in [9.17, 15) is 0 Å². The van der Waals surface area contributed by atoms with E-state index in [1.54, 1.807) is 0 Å². The molecule has 0 saturated heterocycles. The lowest BCUT2D eigenvalue weighted by Crippen LogP contribution is -1.91. The molecule has 0 bridgehead atoms. The Bertz CT molecular complexity index is 735. The number of aromatic amines is 1. The quantitative estimate of drug-likeness (QED) is 0.686. The molecule has 1 aromatic carbocycles. The average molecular weight is 252 g/mol. The molecule has 2 heteroatoms. The lowest BCUT2D eigenvalue weighted by atomic mass is 10.0. The van der Waals surface area contributed by atoms with Gasteiger partial charge in [-0.15, -0.1) is 0 Å². The molecule has 0 amide bonds. The molecule has 3 rings (SSSR count). The number of rotatable bonds is 2. The molecular weight excluding hydrogens is 232 g/mol. The molecule has 0 aliphatic rings. The fraction of sp³-hybridized carbons (Fsp3) is 0.353. The number of nitrogens with one attached hydrogen (secondary N) is 1. The molecule has 19 heavy (non-hydrogen) atoms. The Kier molecular flexibility index (Phi) is 2.81. The van der Waals surface area contributed by atoms with Crippen molar-refractivity contribution in [2.75, 3.05) is 0 Å². The van der Waals surface area contributed by atoms with Crippen LogP contribution in [0.3, 0.4) is 0 Å². The molecule has 0 unspecified atom stereocenters. The minimum Gasteiger partial charge on any atom is -0.358 e. The second-order valence-electron chi connectivity index (χ2n) is 5.89. The van der Waals surface area contributed by atoms with E-state index in [-0.39, 0.29) is 0 Å². The number of hydrogen-bond donors (Lipinski definition) is 1. The van der Waals surface area contributed by atoms with E-state index in [1.165, 1.54) is 27.4 Å². The standard InChI is InChI=1S/C17H20N2/c1-10(2)16-7-12-5-6-15-13(14(12)9-18-16)8-17(19-15)11(3)4/h5-11,19H,1-4H3. The number of benzene rings is 1. The van der Waals surface area contributed by atoms with Gasteiger partial charge in [0.25, 0.3) is 0 Å². The number of H-pyrrole nitrogens is 1. The smallest absolute Gasteiger partial charge is 0.0463 e. The number of aromatic nitrogens is 2. The Hall–Kier alpha value is -1.83. The number of pyridine rings is 1. The van der Waals surface area contributed by atoms with Crippen molar-refractivity contribution >= 4 is 21.7 Å². The SMILES string of the molecule is CC(C)c1cc2ccc3[nH]c(C(C)C)cc3c2cn1. The number of nitrogens with zero attached hydrogens (tertiary/aromatic N) is 1. The molecule has 0 fully saturated rings. The maximum atomic E-state index is 4.60. The van der Waals surface area contributed by atoms with Gasteiger partial charge in [-0.1, -0.05) is 33.8 Å². The summed E-state index contributed by atoms with van der Waals surface area (Å²) in [6.07, 6.45) is 2.02. The predicted octanol–water partition coefficient (Wildman–Crippen LogP) is 4.96. The zero-order valence-corrected chi connectivity index (χ0v) is 12.0. The molecule has 0 spiro atoms. The van der Waals surface area contributed by atoms with E-state index in [1.807, 2.05) is 6.20 Å². The second kappa shape index (κ2) is 4.37. The lowest BCUT2D eigenvalue weighted by molar-refractivity contribution is 0.826. The van der Waals surface area contributed by atoms with Gasteiger partial charge in [0.15, 0.2) is 0 Å². The van der Waals surface area contributed by atoms with Crippen LogP contribution in [0.25, 0.3) is 21.7 Å². The zero-order valence-electron chi connectivity index (χ0n) is 12.0. The summed E-state index contributed by atoms with van der Waals surface area (Å²) in [6, 6.07) is 8.83. The summed E-state index contributed by atoms with van der Waals surface area (Å²) >= 11 is 0. The minimum absolute atomic E-state index is 0.470. The molecule has 2 aromatic heterocycles. The van der Waals surface area contributed by atoms with Crippen LogP contribution in [0.5, 0.6) is 0 Å². The first kappa shape index (κ1) is 12.2. The molecule has 2 nitrogen and oxygen atoms in total. The summed E-state index contributed by atoms with van der Waals surface area (Å²) in [5.41, 5.74) is 3.65. The third-order valence-corrected chi connectivity index (χ3v) is 3.76. The van der Waals surface area contributed by atoms with Crippen molar-refractivity contribution < 1.29 is 0 Å². The maximum absolute atomic E-state index is 4.60. The largest absolute Gasteiger partial charge is 0.358 e. The predicted molar refractivity (Wildman–Crippen MR) is 81.8 cm³/mol. The van der Waals surface area contributed by atoms with E-state index in [0.717, 1.165) is 5.69 Å². The van der Waals surface area contributed by atoms with Crippen LogP contribution in [0.1, 0.15) is 50.9 Å². The third-order valence-electron chi connectivity index (χ3n) is 3.76. The van der Waals surface area contributed by atoms with Crippen LogP contribution in [-0.2, 0) is 0 Å². The van der Waals surface area contributed by atoms with Gasteiger partial charge in [0.1, 0.15) is 0 Å². The highest BCUT2D eigenvalue weighted by Gasteiger charge is 2.09. The van der Waals surface area contributed by atoms with Gasteiger partial charge in [-0.3, -0.25) is 4.98 Å². The summed E-state index contributed by atoms with van der Waals surface area (Å²) in [4.78, 5) is 8.09. The first-order valence-electron chi connectivity index (χ1n) is 6.97. The Morgan fingerprint density at radius 3 is 2.42 bits per heavy atom. The van der Waals surface area contributed by atoms with Gasteiger partial charge < -0.3 is 4.98 Å². The molecule has 0 aliphatic heterocycles. The van der Waals surface area contributed by atoms with Gasteiger partial charge in [0.2, 0.25) is 0 Å². The molecular formula is C17H20N2. The summed E-state index contributed by atoms with van der Waals surface area (Å²) in [5, 5.41) is 3.80. The van der Waals surface area contributed by atoms with E-state index < -0.39 is 0 Å². The van der Waals surface area contributed by atoms with E-state index in [0.29, 0.717) is 11.8 Å². The Labute approximate surface area is 113 Å². The van der Waals surface area contributed by atoms with Crippen LogP contribution in [0.2, 0.25) is 0 Å². The van der Waals surface area contributed by atoms with Gasteiger partial charge in [-0.05, 0) is 35.4 Å². The van der Waals surface area contributed by atoms with E-state index in [4.69, 9.17) is 0 Å². The number of fused-ring (bicyclic) bond motifs is 3. The van der Waals surface area contributed by atoms with Crippen LogP contribution in [0, 0.1) is 0 Å². The van der Waals surface area contributed by atoms with Crippen LogP contribution in [-0.4, -0.2) is 9.97 Å². The van der Waals surface area contributed by atoms with Gasteiger partial charge in [-0.25, -0.2) is 0 Å². The van der Waals surface area contributed by atoms with Crippen molar-refractivity contribution in [2.24, 2.45) is 0 Å². The summed E-state index contributed by atoms with van der Waals surface area (Å²) in [5.74, 6) is 0.989. The van der Waals surface area contributed by atoms with Gasteiger partial charge >= 0.3 is 0 Å². The highest BCUT2D eigenvalue weighted by Crippen LogP contribution is 2.29. The highest BCUT2D eigenvalue weighted by molar-refractivity contribution is 6.06. The van der Waals surface area contributed by atoms with Gasteiger partial charge in [0, 0.05) is 33.9 Å². The Morgan fingerprint density at radius 2 is 1.74 bits per heavy atom. The molecule has 98 valence electrons. The molecule has 3 aromatic rings. The summed E-state index contributed by atoms with van der Waals surface area (Å²) in [7, 11) is 0. The summed E-state index contributed by atoms with van der Waals surface area (Å²) in [6.45, 7) is 8.78. The Morgan fingerprint density at radius 1 is 0.947 bits per heavy atom. The van der Waals surface area contributed by atoms with Gasteiger partial charge in [-0.2, -0.15) is 0 Å². The normalized spacial score (nSPS) is 12.1. The average Bonchev–Trinajstić information content (AvgIpc) is 2.82. The van der Waals surface area contributed by atoms with Crippen LogP contribution >= 0.6 is 0 Å². The monoisotopic (exact) mass is 252 g/mol. The topological polar surface area (TPSA) is 28.7 Å². The maximum Gasteiger partial charge on any atom is 0.0463 e. The van der Waals surface area contributed by atoms with Crippen molar-refractivity contribution in [2.45, 2.75) is 39.5 Å². The molecule has 0 radical (unpaired) electrons. The van der Waals surface area contributed by atoms with Gasteiger partial charge in [0.05, 0.1) is 0 Å². The molecule has 0 saturated carbocycles. The van der Waals surface area contributed by atoms with Crippen LogP contribution in [0.4, 0.5) is 0 Å².